The van der Waals surface area contributed by atoms with E-state index in [1.54, 1.807) is 24.0 Å². The molecule has 1 aliphatic heterocycles. The van der Waals surface area contributed by atoms with Crippen LogP contribution in [-0.2, 0) is 12.6 Å². The molecule has 1 aromatic carbocycles. The molecule has 2 heterocycles. The minimum Gasteiger partial charge on any atom is -0.507 e. The fourth-order valence-electron chi connectivity index (χ4n) is 4.71. The molecule has 5 nitrogen and oxygen atoms in total. The number of unbranched alkanes of at least 4 members (excludes halogenated alkanes) is 2. The smallest absolute Gasteiger partial charge is 0.142 e. The largest absolute Gasteiger partial charge is 0.507 e. The van der Waals surface area contributed by atoms with Gasteiger partial charge in [0.25, 0.3) is 0 Å². The van der Waals surface area contributed by atoms with Crippen molar-refractivity contribution in [1.29, 1.82) is 0 Å². The number of phenolic OH excluding ortho intramolecular Hbond substituents is 1. The molecule has 29 heavy (non-hydrogen) atoms. The van der Waals surface area contributed by atoms with Gasteiger partial charge in [0, 0.05) is 19.7 Å². The van der Waals surface area contributed by atoms with Gasteiger partial charge in [0.2, 0.25) is 0 Å². The van der Waals surface area contributed by atoms with Crippen LogP contribution in [0, 0.1) is 5.92 Å². The summed E-state index contributed by atoms with van der Waals surface area (Å²) in [6.07, 6.45) is 6.86. The number of aliphatic hydroxyl groups is 1. The topological polar surface area (TPSA) is 67.5 Å². The molecule has 0 aliphatic carbocycles. The molecule has 1 aliphatic rings. The first-order chi connectivity index (χ1) is 13.6. The molecule has 2 N–H and O–H groups in total. The van der Waals surface area contributed by atoms with E-state index in [2.05, 4.69) is 25.9 Å². The van der Waals surface area contributed by atoms with Crippen molar-refractivity contribution in [2.75, 3.05) is 0 Å². The Hall–Kier alpha value is -2.01. The number of aromatic nitrogens is 2. The van der Waals surface area contributed by atoms with E-state index in [1.165, 1.54) is 19.3 Å². The Labute approximate surface area is 174 Å². The summed E-state index contributed by atoms with van der Waals surface area (Å²) in [6, 6.07) is 5.62. The molecule has 160 valence electrons. The molecule has 3 rings (SSSR count). The number of rotatable bonds is 7. The van der Waals surface area contributed by atoms with E-state index in [9.17, 15) is 10.2 Å². The second kappa shape index (κ2) is 8.02. The number of phenols is 1. The van der Waals surface area contributed by atoms with E-state index in [0.29, 0.717) is 35.3 Å². The van der Waals surface area contributed by atoms with Crippen molar-refractivity contribution in [3.05, 3.63) is 41.2 Å². The summed E-state index contributed by atoms with van der Waals surface area (Å²) in [7, 11) is 1.81. The van der Waals surface area contributed by atoms with Crippen molar-refractivity contribution in [2.45, 2.75) is 83.8 Å². The van der Waals surface area contributed by atoms with Gasteiger partial charge in [-0.05, 0) is 49.4 Å². The van der Waals surface area contributed by atoms with Crippen molar-refractivity contribution in [1.82, 2.24) is 9.78 Å². The maximum atomic E-state index is 11.8. The number of fused-ring (bicyclic) bond motifs is 1. The lowest BCUT2D eigenvalue weighted by atomic mass is 9.76. The van der Waals surface area contributed by atoms with E-state index in [0.717, 1.165) is 12.0 Å². The van der Waals surface area contributed by atoms with E-state index < -0.39 is 11.2 Å². The van der Waals surface area contributed by atoms with Gasteiger partial charge in [0.1, 0.15) is 22.7 Å². The van der Waals surface area contributed by atoms with Crippen molar-refractivity contribution in [3.8, 4) is 11.5 Å². The van der Waals surface area contributed by atoms with Gasteiger partial charge in [-0.15, -0.1) is 0 Å². The number of aryl methyl sites for hydroxylation is 1. The highest BCUT2D eigenvalue weighted by Gasteiger charge is 2.48. The van der Waals surface area contributed by atoms with Crippen LogP contribution in [0.15, 0.2) is 24.4 Å². The highest BCUT2D eigenvalue weighted by atomic mass is 16.5. The fraction of sp³-hybridized carbons (Fsp3) is 0.625. The van der Waals surface area contributed by atoms with E-state index >= 15 is 0 Å². The van der Waals surface area contributed by atoms with Gasteiger partial charge >= 0.3 is 0 Å². The second-order valence-electron chi connectivity index (χ2n) is 9.41. The number of hydrogen-bond donors (Lipinski definition) is 2. The van der Waals surface area contributed by atoms with Crippen LogP contribution >= 0.6 is 0 Å². The third kappa shape index (κ3) is 4.16. The quantitative estimate of drug-likeness (QED) is 0.624. The third-order valence-corrected chi connectivity index (χ3v) is 6.47. The van der Waals surface area contributed by atoms with Crippen LogP contribution in [0.4, 0.5) is 0 Å². The average molecular weight is 401 g/mol. The molecule has 0 saturated heterocycles. The molecule has 0 bridgehead atoms. The lowest BCUT2D eigenvalue weighted by Crippen LogP contribution is -2.46. The van der Waals surface area contributed by atoms with Gasteiger partial charge in [-0.1, -0.05) is 46.5 Å². The zero-order valence-electron chi connectivity index (χ0n) is 18.7. The fourth-order valence-corrected chi connectivity index (χ4v) is 4.71. The molecule has 0 fully saturated rings. The first-order valence-corrected chi connectivity index (χ1v) is 10.9. The summed E-state index contributed by atoms with van der Waals surface area (Å²) in [6.45, 7) is 10.6. The molecule has 3 unspecified atom stereocenters. The van der Waals surface area contributed by atoms with Gasteiger partial charge in [-0.2, -0.15) is 5.10 Å². The van der Waals surface area contributed by atoms with Crippen LogP contribution in [0.3, 0.4) is 0 Å². The first-order valence-electron chi connectivity index (χ1n) is 10.9. The minimum absolute atomic E-state index is 0.0873. The van der Waals surface area contributed by atoms with Crippen LogP contribution in [0.1, 0.15) is 89.5 Å². The van der Waals surface area contributed by atoms with Crippen molar-refractivity contribution < 1.29 is 14.9 Å². The Morgan fingerprint density at radius 3 is 2.59 bits per heavy atom. The van der Waals surface area contributed by atoms with Gasteiger partial charge in [-0.3, -0.25) is 4.68 Å². The van der Waals surface area contributed by atoms with Gasteiger partial charge in [0.15, 0.2) is 0 Å². The Balaban J connectivity index is 2.03. The van der Waals surface area contributed by atoms with Crippen LogP contribution in [0.25, 0.3) is 0 Å². The lowest BCUT2D eigenvalue weighted by molar-refractivity contribution is -0.0437. The molecule has 0 radical (unpaired) electrons. The SMILES string of the molecule is CCCCCC(C)C(C)c1cc(O)c2c(c1)OC(C)(C)CC2(O)c1ccnn1C. The van der Waals surface area contributed by atoms with Crippen LogP contribution < -0.4 is 4.74 Å². The highest BCUT2D eigenvalue weighted by Crippen LogP contribution is 2.51. The van der Waals surface area contributed by atoms with Crippen LogP contribution in [0.5, 0.6) is 11.5 Å². The van der Waals surface area contributed by atoms with Crippen LogP contribution in [0.2, 0.25) is 0 Å². The summed E-state index contributed by atoms with van der Waals surface area (Å²) in [5.74, 6) is 1.45. The summed E-state index contributed by atoms with van der Waals surface area (Å²) in [5, 5.41) is 27.0. The van der Waals surface area contributed by atoms with Crippen molar-refractivity contribution >= 4 is 0 Å². The number of nitrogens with zero attached hydrogens (tertiary/aromatic N) is 2. The van der Waals surface area contributed by atoms with E-state index in [-0.39, 0.29) is 5.75 Å². The maximum absolute atomic E-state index is 11.8. The summed E-state index contributed by atoms with van der Waals surface area (Å²) in [4.78, 5) is 0. The van der Waals surface area contributed by atoms with Crippen LogP contribution in [-0.4, -0.2) is 25.6 Å². The maximum Gasteiger partial charge on any atom is 0.142 e. The molecule has 0 amide bonds. The predicted octanol–water partition coefficient (Wildman–Crippen LogP) is 5.24. The molecule has 3 atom stereocenters. The van der Waals surface area contributed by atoms with Crippen molar-refractivity contribution in [3.63, 3.8) is 0 Å². The number of ether oxygens (including phenoxy) is 1. The average Bonchev–Trinajstić information content (AvgIpc) is 3.06. The normalized spacial score (nSPS) is 22.6. The minimum atomic E-state index is -1.36. The summed E-state index contributed by atoms with van der Waals surface area (Å²) >= 11 is 0. The zero-order valence-corrected chi connectivity index (χ0v) is 18.7. The Morgan fingerprint density at radius 2 is 1.97 bits per heavy atom. The number of hydrogen-bond acceptors (Lipinski definition) is 4. The first kappa shape index (κ1) is 21.7. The Bertz CT molecular complexity index is 858. The summed E-state index contributed by atoms with van der Waals surface area (Å²) in [5.41, 5.74) is 0.207. The highest BCUT2D eigenvalue weighted by molar-refractivity contribution is 5.56. The predicted molar refractivity (Wildman–Crippen MR) is 115 cm³/mol. The molecule has 0 spiro atoms. The molecule has 0 saturated carbocycles. The molecule has 5 heteroatoms. The van der Waals surface area contributed by atoms with E-state index in [4.69, 9.17) is 4.74 Å². The zero-order chi connectivity index (χ0) is 21.4. The molecule has 1 aromatic heterocycles. The number of aromatic hydroxyl groups is 1. The van der Waals surface area contributed by atoms with Gasteiger partial charge in [-0.25, -0.2) is 0 Å². The van der Waals surface area contributed by atoms with Gasteiger partial charge in [0.05, 0.1) is 11.3 Å². The molecular formula is C24H36N2O3. The molecular weight excluding hydrogens is 364 g/mol. The summed E-state index contributed by atoms with van der Waals surface area (Å²) < 4.78 is 7.92. The Morgan fingerprint density at radius 1 is 1.24 bits per heavy atom. The Kier molecular flexibility index (Phi) is 6.00. The monoisotopic (exact) mass is 400 g/mol. The van der Waals surface area contributed by atoms with Gasteiger partial charge < -0.3 is 14.9 Å². The third-order valence-electron chi connectivity index (χ3n) is 6.47. The standard InChI is InChI=1S/C24H36N2O3/c1-7-8-9-10-16(2)17(3)18-13-19(27)22-20(14-18)29-23(4,5)15-24(22,28)21-11-12-25-26(21)6/h11-14,16-17,27-28H,7-10,15H2,1-6H3. The van der Waals surface area contributed by atoms with Crippen molar-refractivity contribution in [2.24, 2.45) is 13.0 Å². The number of benzene rings is 1. The van der Waals surface area contributed by atoms with E-state index in [1.807, 2.05) is 26.0 Å². The second-order valence-corrected chi connectivity index (χ2v) is 9.41. The lowest BCUT2D eigenvalue weighted by Gasteiger charge is -2.43. The molecule has 2 aromatic rings.